The quantitative estimate of drug-likeness (QED) is 0.535. The van der Waals surface area contributed by atoms with Crippen molar-refractivity contribution >= 4 is 0 Å². The largest absolute Gasteiger partial charge is 0.308 e. The maximum Gasteiger partial charge on any atom is 0.0227 e. The van der Waals surface area contributed by atoms with Crippen LogP contribution in [0.25, 0.3) is 0 Å². The van der Waals surface area contributed by atoms with Gasteiger partial charge in [0.2, 0.25) is 0 Å². The number of hydrogen-bond acceptors (Lipinski definition) is 1. The van der Waals surface area contributed by atoms with Crippen LogP contribution in [0.4, 0.5) is 0 Å². The zero-order chi connectivity index (χ0) is 6.60. The molecule has 1 N–H and O–H groups in total. The van der Waals surface area contributed by atoms with Gasteiger partial charge < -0.3 is 5.32 Å². The average Bonchev–Trinajstić information content (AvgIpc) is 2.44. The Morgan fingerprint density at radius 1 is 1.10 bits per heavy atom. The van der Waals surface area contributed by atoms with Crippen molar-refractivity contribution in [1.29, 1.82) is 0 Å². The molecule has 4 fully saturated rings. The second-order valence-electron chi connectivity index (χ2n) is 4.30. The normalized spacial score (nSPS) is 57.6. The topological polar surface area (TPSA) is 12.0 Å². The third-order valence-corrected chi connectivity index (χ3v) is 3.96. The first kappa shape index (κ1) is 5.59. The van der Waals surface area contributed by atoms with E-state index in [9.17, 15) is 0 Å². The highest BCUT2D eigenvalue weighted by Gasteiger charge is 2.58. The Balaban J connectivity index is 1.91. The van der Waals surface area contributed by atoms with Crippen molar-refractivity contribution in [3.8, 4) is 0 Å². The van der Waals surface area contributed by atoms with Crippen molar-refractivity contribution in [3.63, 3.8) is 0 Å². The summed E-state index contributed by atoms with van der Waals surface area (Å²) < 4.78 is 0. The second-order valence-corrected chi connectivity index (χ2v) is 4.30. The highest BCUT2D eigenvalue weighted by Crippen LogP contribution is 2.53. The van der Waals surface area contributed by atoms with Crippen molar-refractivity contribution in [3.05, 3.63) is 0 Å². The summed E-state index contributed by atoms with van der Waals surface area (Å²) in [6.45, 7) is 0. The molecule has 0 amide bonds. The van der Waals surface area contributed by atoms with Gasteiger partial charge in [0.25, 0.3) is 0 Å². The summed E-state index contributed by atoms with van der Waals surface area (Å²) >= 11 is 0. The van der Waals surface area contributed by atoms with Crippen molar-refractivity contribution < 1.29 is 0 Å². The number of fused-ring (bicyclic) bond motifs is 1. The van der Waals surface area contributed by atoms with Crippen molar-refractivity contribution in [2.24, 2.45) is 5.92 Å². The Morgan fingerprint density at radius 3 is 2.90 bits per heavy atom. The number of nitrogens with one attached hydrogen (secondary N) is 1. The third kappa shape index (κ3) is 0.460. The molecule has 2 heterocycles. The van der Waals surface area contributed by atoms with E-state index in [1.54, 1.807) is 0 Å². The van der Waals surface area contributed by atoms with Crippen LogP contribution in [0, 0.1) is 5.92 Å². The van der Waals surface area contributed by atoms with Gasteiger partial charge in [-0.2, -0.15) is 0 Å². The van der Waals surface area contributed by atoms with Crippen LogP contribution in [0.15, 0.2) is 0 Å². The van der Waals surface area contributed by atoms with Crippen LogP contribution in [0.5, 0.6) is 0 Å². The molecule has 1 nitrogen and oxygen atoms in total. The molecule has 1 heteroatoms. The summed E-state index contributed by atoms with van der Waals surface area (Å²) in [6.07, 6.45) is 8.96. The number of hydrogen-bond donors (Lipinski definition) is 1. The molecule has 2 aliphatic heterocycles. The first-order valence-corrected chi connectivity index (χ1v) is 4.68. The predicted octanol–water partition coefficient (Wildman–Crippen LogP) is 1.68. The van der Waals surface area contributed by atoms with Crippen LogP contribution in [-0.2, 0) is 0 Å². The van der Waals surface area contributed by atoms with Crippen LogP contribution in [0.2, 0.25) is 0 Å². The van der Waals surface area contributed by atoms with E-state index in [4.69, 9.17) is 0 Å². The first-order chi connectivity index (χ1) is 4.91. The maximum absolute atomic E-state index is 3.73. The minimum Gasteiger partial charge on any atom is -0.308 e. The Kier molecular flexibility index (Phi) is 0.883. The Bertz CT molecular complexity index is 162. The lowest BCUT2D eigenvalue weighted by molar-refractivity contribution is 0.0580. The van der Waals surface area contributed by atoms with E-state index in [1.807, 2.05) is 0 Å². The van der Waals surface area contributed by atoms with Gasteiger partial charge in [-0.1, -0.05) is 12.8 Å². The van der Waals surface area contributed by atoms with Gasteiger partial charge in [-0.3, -0.25) is 0 Å². The van der Waals surface area contributed by atoms with Gasteiger partial charge in [-0.25, -0.2) is 0 Å². The van der Waals surface area contributed by atoms with Crippen LogP contribution < -0.4 is 5.32 Å². The van der Waals surface area contributed by atoms with Gasteiger partial charge in [0, 0.05) is 11.6 Å². The van der Waals surface area contributed by atoms with Gasteiger partial charge in [0.05, 0.1) is 0 Å². The smallest absolute Gasteiger partial charge is 0.0227 e. The molecular weight excluding hydrogens is 122 g/mol. The SMILES string of the molecule is C1CCC23CCC(N2)C3C1. The van der Waals surface area contributed by atoms with Gasteiger partial charge in [0.15, 0.2) is 0 Å². The van der Waals surface area contributed by atoms with E-state index in [0.717, 1.165) is 12.0 Å². The minimum absolute atomic E-state index is 0.683. The molecule has 3 atom stereocenters. The van der Waals surface area contributed by atoms with E-state index in [-0.39, 0.29) is 0 Å². The predicted molar refractivity (Wildman–Crippen MR) is 40.8 cm³/mol. The third-order valence-electron chi connectivity index (χ3n) is 3.96. The second kappa shape index (κ2) is 1.58. The molecule has 2 saturated carbocycles. The molecule has 4 aliphatic rings. The minimum atomic E-state index is 0.683. The fourth-order valence-electron chi connectivity index (χ4n) is 3.47. The molecular formula is C9H15N. The molecule has 1 spiro atoms. The Hall–Kier alpha value is -0.0400. The first-order valence-electron chi connectivity index (χ1n) is 4.68. The lowest BCUT2D eigenvalue weighted by atomic mass is 9.68. The zero-order valence-electron chi connectivity index (χ0n) is 6.40. The van der Waals surface area contributed by atoms with Gasteiger partial charge in [0.1, 0.15) is 0 Å². The lowest BCUT2D eigenvalue weighted by Gasteiger charge is -2.52. The van der Waals surface area contributed by atoms with Crippen LogP contribution in [-0.4, -0.2) is 11.6 Å². The van der Waals surface area contributed by atoms with Crippen LogP contribution >= 0.6 is 0 Å². The summed E-state index contributed by atoms with van der Waals surface area (Å²) in [6, 6.07) is 0.945. The lowest BCUT2D eigenvalue weighted by Crippen LogP contribution is -2.65. The molecule has 3 unspecified atom stereocenters. The molecule has 0 radical (unpaired) electrons. The highest BCUT2D eigenvalue weighted by molar-refractivity contribution is 5.17. The van der Waals surface area contributed by atoms with Crippen molar-refractivity contribution in [2.45, 2.75) is 50.1 Å². The molecule has 2 saturated heterocycles. The van der Waals surface area contributed by atoms with Crippen LogP contribution in [0.1, 0.15) is 38.5 Å². The Labute approximate surface area is 62.2 Å². The van der Waals surface area contributed by atoms with E-state index >= 15 is 0 Å². The summed E-state index contributed by atoms with van der Waals surface area (Å²) in [4.78, 5) is 0. The summed E-state index contributed by atoms with van der Waals surface area (Å²) in [5, 5.41) is 3.73. The van der Waals surface area contributed by atoms with Gasteiger partial charge in [-0.05, 0) is 31.6 Å². The van der Waals surface area contributed by atoms with Gasteiger partial charge >= 0.3 is 0 Å². The van der Waals surface area contributed by atoms with E-state index in [1.165, 1.54) is 38.5 Å². The fourth-order valence-corrected chi connectivity index (χ4v) is 3.47. The molecule has 0 aromatic rings. The summed E-state index contributed by atoms with van der Waals surface area (Å²) in [5.41, 5.74) is 0.683. The summed E-state index contributed by atoms with van der Waals surface area (Å²) in [7, 11) is 0. The molecule has 10 heavy (non-hydrogen) atoms. The standard InChI is InChI=1S/C9H15N/c1-2-5-9-6-4-8(10-9)7(9)3-1/h7-8,10H,1-6H2. The fraction of sp³-hybridized carbons (Fsp3) is 1.00. The van der Waals surface area contributed by atoms with E-state index < -0.39 is 0 Å². The number of rotatable bonds is 0. The van der Waals surface area contributed by atoms with Crippen LogP contribution in [0.3, 0.4) is 0 Å². The zero-order valence-corrected chi connectivity index (χ0v) is 6.40. The molecule has 0 aromatic heterocycles. The molecule has 2 bridgehead atoms. The van der Waals surface area contributed by atoms with Crippen molar-refractivity contribution in [1.82, 2.24) is 5.32 Å². The molecule has 2 aliphatic carbocycles. The average molecular weight is 137 g/mol. The maximum atomic E-state index is 3.73. The van der Waals surface area contributed by atoms with E-state index in [2.05, 4.69) is 5.32 Å². The summed E-state index contributed by atoms with van der Waals surface area (Å²) in [5.74, 6) is 1.10. The monoisotopic (exact) mass is 137 g/mol. The van der Waals surface area contributed by atoms with E-state index in [0.29, 0.717) is 5.54 Å². The van der Waals surface area contributed by atoms with Gasteiger partial charge in [-0.15, -0.1) is 0 Å². The Morgan fingerprint density at radius 2 is 2.10 bits per heavy atom. The van der Waals surface area contributed by atoms with Crippen molar-refractivity contribution in [2.75, 3.05) is 0 Å². The molecule has 0 aromatic carbocycles. The molecule has 4 rings (SSSR count). The molecule has 56 valence electrons. The highest BCUT2D eigenvalue weighted by atomic mass is 15.2.